The van der Waals surface area contributed by atoms with Gasteiger partial charge < -0.3 is 5.73 Å². The van der Waals surface area contributed by atoms with Crippen LogP contribution in [0.25, 0.3) is 0 Å². The third-order valence-corrected chi connectivity index (χ3v) is 5.76. The summed E-state index contributed by atoms with van der Waals surface area (Å²) in [7, 11) is -3.55. The number of rotatable bonds is 4. The highest BCUT2D eigenvalue weighted by Gasteiger charge is 2.36. The molecule has 106 valence electrons. The minimum Gasteiger partial charge on any atom is -0.326 e. The second-order valence-corrected chi connectivity index (χ2v) is 7.50. The van der Waals surface area contributed by atoms with Gasteiger partial charge in [0.05, 0.1) is 4.90 Å². The third-order valence-electron chi connectivity index (χ3n) is 3.78. The number of halogens is 1. The first-order chi connectivity index (χ1) is 8.77. The quantitative estimate of drug-likeness (QED) is 0.896. The molecule has 1 fully saturated rings. The van der Waals surface area contributed by atoms with Crippen molar-refractivity contribution in [3.8, 4) is 0 Å². The molecule has 1 aliphatic carbocycles. The zero-order valence-corrected chi connectivity index (χ0v) is 12.7. The molecule has 1 aromatic carbocycles. The Labute approximate surface area is 119 Å². The van der Waals surface area contributed by atoms with Crippen molar-refractivity contribution >= 4 is 21.6 Å². The fourth-order valence-electron chi connectivity index (χ4n) is 2.39. The summed E-state index contributed by atoms with van der Waals surface area (Å²) in [5, 5.41) is 0.394. The van der Waals surface area contributed by atoms with Crippen molar-refractivity contribution in [1.29, 1.82) is 0 Å². The fraction of sp³-hybridized carbons (Fsp3) is 0.538. The van der Waals surface area contributed by atoms with E-state index in [1.165, 1.54) is 6.07 Å². The van der Waals surface area contributed by atoms with Crippen LogP contribution in [0.4, 0.5) is 0 Å². The van der Waals surface area contributed by atoms with Gasteiger partial charge in [-0.05, 0) is 56.4 Å². The molecule has 1 saturated carbocycles. The van der Waals surface area contributed by atoms with Gasteiger partial charge >= 0.3 is 0 Å². The number of hydrogen-bond acceptors (Lipinski definition) is 3. The Balaban J connectivity index is 2.42. The molecule has 0 heterocycles. The molecule has 0 radical (unpaired) electrons. The van der Waals surface area contributed by atoms with Crippen LogP contribution in [-0.4, -0.2) is 14.0 Å². The third kappa shape index (κ3) is 2.94. The molecule has 1 aliphatic rings. The van der Waals surface area contributed by atoms with E-state index in [2.05, 4.69) is 4.72 Å². The van der Waals surface area contributed by atoms with Gasteiger partial charge in [0.2, 0.25) is 10.0 Å². The van der Waals surface area contributed by atoms with Crippen molar-refractivity contribution < 1.29 is 8.42 Å². The number of nitrogens with one attached hydrogen (secondary N) is 1. The first kappa shape index (κ1) is 14.8. The van der Waals surface area contributed by atoms with E-state index in [1.54, 1.807) is 13.0 Å². The molecule has 4 nitrogen and oxygen atoms in total. The van der Waals surface area contributed by atoms with Gasteiger partial charge in [-0.3, -0.25) is 0 Å². The predicted molar refractivity (Wildman–Crippen MR) is 76.7 cm³/mol. The molecule has 1 aromatic rings. The van der Waals surface area contributed by atoms with Crippen molar-refractivity contribution in [2.45, 2.75) is 50.1 Å². The topological polar surface area (TPSA) is 72.2 Å². The Bertz CT molecular complexity index is 595. The molecule has 0 saturated heterocycles. The summed E-state index contributed by atoms with van der Waals surface area (Å²) >= 11 is 5.98. The van der Waals surface area contributed by atoms with Crippen LogP contribution >= 0.6 is 11.6 Å². The summed E-state index contributed by atoms with van der Waals surface area (Å²) in [5.74, 6) is 0. The van der Waals surface area contributed by atoms with Crippen LogP contribution in [0.15, 0.2) is 17.0 Å². The molecule has 2 rings (SSSR count). The van der Waals surface area contributed by atoms with Crippen molar-refractivity contribution in [1.82, 2.24) is 4.72 Å². The van der Waals surface area contributed by atoms with E-state index in [0.717, 1.165) is 24.8 Å². The van der Waals surface area contributed by atoms with Gasteiger partial charge in [0.1, 0.15) is 0 Å². The van der Waals surface area contributed by atoms with Crippen molar-refractivity contribution in [3.63, 3.8) is 0 Å². The van der Waals surface area contributed by atoms with Gasteiger partial charge in [-0.15, -0.1) is 0 Å². The van der Waals surface area contributed by atoms with Crippen LogP contribution < -0.4 is 10.5 Å². The van der Waals surface area contributed by atoms with Crippen LogP contribution in [0.5, 0.6) is 0 Å². The maximum Gasteiger partial charge on any atom is 0.241 e. The van der Waals surface area contributed by atoms with E-state index in [0.29, 0.717) is 10.6 Å². The highest BCUT2D eigenvalue weighted by molar-refractivity contribution is 7.89. The summed E-state index contributed by atoms with van der Waals surface area (Å²) in [5.41, 5.74) is 6.72. The van der Waals surface area contributed by atoms with Gasteiger partial charge in [-0.1, -0.05) is 11.6 Å². The molecule has 0 spiro atoms. The van der Waals surface area contributed by atoms with Crippen LogP contribution in [-0.2, 0) is 16.6 Å². The predicted octanol–water partition coefficient (Wildman–Crippen LogP) is 2.33. The smallest absolute Gasteiger partial charge is 0.241 e. The monoisotopic (exact) mass is 302 g/mol. The van der Waals surface area contributed by atoms with E-state index in [1.807, 2.05) is 6.92 Å². The second kappa shape index (κ2) is 5.05. The Morgan fingerprint density at radius 2 is 2.05 bits per heavy atom. The molecule has 0 unspecified atom stereocenters. The number of hydrogen-bond donors (Lipinski definition) is 2. The normalized spacial score (nSPS) is 18.1. The molecule has 19 heavy (non-hydrogen) atoms. The number of benzene rings is 1. The van der Waals surface area contributed by atoms with Gasteiger partial charge in [-0.25, -0.2) is 13.1 Å². The number of sulfonamides is 1. The van der Waals surface area contributed by atoms with E-state index in [9.17, 15) is 8.42 Å². The minimum absolute atomic E-state index is 0.230. The summed E-state index contributed by atoms with van der Waals surface area (Å²) in [6, 6.07) is 3.20. The second-order valence-electron chi connectivity index (χ2n) is 5.41. The van der Waals surface area contributed by atoms with Crippen LogP contribution in [0.1, 0.15) is 37.3 Å². The molecule has 0 bridgehead atoms. The standard InChI is InChI=1S/C13H19ClN2O2S/c1-9-10(8-15)6-11(14)7-12(9)19(17,18)16-13(2)4-3-5-13/h6-7,16H,3-5,8,15H2,1-2H3. The Morgan fingerprint density at radius 1 is 1.42 bits per heavy atom. The summed E-state index contributed by atoms with van der Waals surface area (Å²) < 4.78 is 27.7. The first-order valence-electron chi connectivity index (χ1n) is 6.30. The lowest BCUT2D eigenvalue weighted by molar-refractivity contribution is 0.248. The molecule has 3 N–H and O–H groups in total. The van der Waals surface area contributed by atoms with Gasteiger partial charge in [0.25, 0.3) is 0 Å². The Hall–Kier alpha value is -0.620. The maximum atomic E-state index is 12.5. The van der Waals surface area contributed by atoms with Crippen molar-refractivity contribution in [3.05, 3.63) is 28.3 Å². The van der Waals surface area contributed by atoms with E-state index < -0.39 is 10.0 Å². The highest BCUT2D eigenvalue weighted by atomic mass is 35.5. The van der Waals surface area contributed by atoms with Gasteiger partial charge in [0, 0.05) is 17.1 Å². The summed E-state index contributed by atoms with van der Waals surface area (Å²) in [6.07, 6.45) is 2.80. The number of nitrogens with two attached hydrogens (primary N) is 1. The first-order valence-corrected chi connectivity index (χ1v) is 8.17. The lowest BCUT2D eigenvalue weighted by Crippen LogP contribution is -2.50. The van der Waals surface area contributed by atoms with E-state index in [-0.39, 0.29) is 17.0 Å². The van der Waals surface area contributed by atoms with E-state index >= 15 is 0 Å². The SMILES string of the molecule is Cc1c(CN)cc(Cl)cc1S(=O)(=O)NC1(C)CCC1. The lowest BCUT2D eigenvalue weighted by atomic mass is 9.80. The van der Waals surface area contributed by atoms with Gasteiger partial charge in [-0.2, -0.15) is 0 Å². The maximum absolute atomic E-state index is 12.5. The molecule has 0 amide bonds. The lowest BCUT2D eigenvalue weighted by Gasteiger charge is -2.38. The Kier molecular flexibility index (Phi) is 3.93. The minimum atomic E-state index is -3.55. The summed E-state index contributed by atoms with van der Waals surface area (Å²) in [6.45, 7) is 3.96. The van der Waals surface area contributed by atoms with Crippen molar-refractivity contribution in [2.24, 2.45) is 5.73 Å². The van der Waals surface area contributed by atoms with Crippen LogP contribution in [0.2, 0.25) is 5.02 Å². The molecule has 0 aliphatic heterocycles. The molecule has 0 atom stereocenters. The average Bonchev–Trinajstić information content (AvgIpc) is 2.29. The van der Waals surface area contributed by atoms with E-state index in [4.69, 9.17) is 17.3 Å². The van der Waals surface area contributed by atoms with Crippen LogP contribution in [0.3, 0.4) is 0 Å². The highest BCUT2D eigenvalue weighted by Crippen LogP contribution is 2.33. The molecular weight excluding hydrogens is 284 g/mol. The largest absolute Gasteiger partial charge is 0.326 e. The molecule has 6 heteroatoms. The molecule has 0 aromatic heterocycles. The van der Waals surface area contributed by atoms with Crippen molar-refractivity contribution in [2.75, 3.05) is 0 Å². The molecular formula is C13H19ClN2O2S. The van der Waals surface area contributed by atoms with Gasteiger partial charge in [0.15, 0.2) is 0 Å². The zero-order valence-electron chi connectivity index (χ0n) is 11.2. The summed E-state index contributed by atoms with van der Waals surface area (Å²) in [4.78, 5) is 0.230. The zero-order chi connectivity index (χ0) is 14.3. The fourth-order valence-corrected chi connectivity index (χ4v) is 4.47. The Morgan fingerprint density at radius 3 is 2.53 bits per heavy atom. The van der Waals surface area contributed by atoms with Crippen LogP contribution in [0, 0.1) is 6.92 Å². The average molecular weight is 303 g/mol.